The summed E-state index contributed by atoms with van der Waals surface area (Å²) in [5, 5.41) is 12.5. The van der Waals surface area contributed by atoms with Gasteiger partial charge in [0.05, 0.1) is 5.56 Å². The molecule has 2 amide bonds. The minimum absolute atomic E-state index is 0.0590. The molecule has 0 bridgehead atoms. The number of nitrogens with one attached hydrogen (secondary N) is 1. The van der Waals surface area contributed by atoms with Gasteiger partial charge in [0.25, 0.3) is 11.8 Å². The highest BCUT2D eigenvalue weighted by Gasteiger charge is 2.23. The summed E-state index contributed by atoms with van der Waals surface area (Å²) in [5.74, 6) is 6.02. The third-order valence-corrected chi connectivity index (χ3v) is 5.78. The Morgan fingerprint density at radius 1 is 0.943 bits per heavy atom. The molecule has 35 heavy (non-hydrogen) atoms. The molecule has 1 saturated heterocycles. The first-order valence-electron chi connectivity index (χ1n) is 11.7. The quantitative estimate of drug-likeness (QED) is 0.562. The number of piperazine rings is 1. The summed E-state index contributed by atoms with van der Waals surface area (Å²) >= 11 is 0. The summed E-state index contributed by atoms with van der Waals surface area (Å²) in [6, 6.07) is 16.1. The van der Waals surface area contributed by atoms with Crippen molar-refractivity contribution in [2.75, 3.05) is 37.6 Å². The Morgan fingerprint density at radius 3 is 2.40 bits per heavy atom. The smallest absolute Gasteiger partial charge is 0.255 e. The maximum absolute atomic E-state index is 13.1. The number of nitrogens with zero attached hydrogens (tertiary/aromatic N) is 3. The third-order valence-electron chi connectivity index (χ3n) is 5.78. The van der Waals surface area contributed by atoms with Crippen LogP contribution >= 0.6 is 0 Å². The molecule has 0 atom stereocenters. The van der Waals surface area contributed by atoms with Gasteiger partial charge in [-0.05, 0) is 55.0 Å². The van der Waals surface area contributed by atoms with Crippen LogP contribution in [-0.4, -0.2) is 59.5 Å². The summed E-state index contributed by atoms with van der Waals surface area (Å²) in [6.45, 7) is 5.29. The number of amides is 2. The van der Waals surface area contributed by atoms with Gasteiger partial charge in [0, 0.05) is 67.5 Å². The van der Waals surface area contributed by atoms with Crippen molar-refractivity contribution in [2.24, 2.45) is 0 Å². The van der Waals surface area contributed by atoms with E-state index in [1.807, 2.05) is 42.2 Å². The van der Waals surface area contributed by atoms with Crippen molar-refractivity contribution in [3.63, 3.8) is 0 Å². The van der Waals surface area contributed by atoms with Gasteiger partial charge in [-0.2, -0.15) is 0 Å². The number of rotatable bonds is 5. The summed E-state index contributed by atoms with van der Waals surface area (Å²) in [4.78, 5) is 33.4. The Labute approximate surface area is 205 Å². The first-order valence-corrected chi connectivity index (χ1v) is 11.7. The van der Waals surface area contributed by atoms with Gasteiger partial charge in [-0.1, -0.05) is 24.8 Å². The van der Waals surface area contributed by atoms with Crippen LogP contribution < -0.4 is 10.2 Å². The zero-order valence-corrected chi connectivity index (χ0v) is 19.7. The third kappa shape index (κ3) is 6.18. The SMILES string of the molecule is CCCNC(=O)c1ccc(N2CCN(C(=O)c3cncc(C#Cc4cccc(O)c4)c3)CC2)cc1. The fraction of sp³-hybridized carbons (Fsp3) is 0.250. The number of phenolic OH excluding ortho intramolecular Hbond substituents is 1. The molecule has 178 valence electrons. The fourth-order valence-electron chi connectivity index (χ4n) is 3.87. The zero-order valence-electron chi connectivity index (χ0n) is 19.7. The molecule has 2 N–H and O–H groups in total. The number of aromatic nitrogens is 1. The summed E-state index contributed by atoms with van der Waals surface area (Å²) in [5.41, 5.74) is 3.52. The molecule has 7 nitrogen and oxygen atoms in total. The Hall–Kier alpha value is -4.31. The molecular formula is C28H28N4O3. The van der Waals surface area contributed by atoms with Gasteiger partial charge in [0.2, 0.25) is 0 Å². The Bertz CT molecular complexity index is 1250. The zero-order chi connectivity index (χ0) is 24.6. The largest absolute Gasteiger partial charge is 0.508 e. The number of phenols is 1. The van der Waals surface area contributed by atoms with Crippen molar-refractivity contribution in [2.45, 2.75) is 13.3 Å². The molecule has 1 aliphatic rings. The van der Waals surface area contributed by atoms with Crippen molar-refractivity contribution >= 4 is 17.5 Å². The molecular weight excluding hydrogens is 440 g/mol. The number of hydrogen-bond acceptors (Lipinski definition) is 5. The fourth-order valence-corrected chi connectivity index (χ4v) is 3.87. The van der Waals surface area contributed by atoms with E-state index >= 15 is 0 Å². The molecule has 0 saturated carbocycles. The molecule has 2 aromatic carbocycles. The lowest BCUT2D eigenvalue weighted by Gasteiger charge is -2.36. The average Bonchev–Trinajstić information content (AvgIpc) is 2.90. The normalized spacial score (nSPS) is 13.1. The van der Waals surface area contributed by atoms with Crippen LogP contribution in [0.5, 0.6) is 5.75 Å². The maximum atomic E-state index is 13.1. The molecule has 7 heteroatoms. The number of pyridine rings is 1. The summed E-state index contributed by atoms with van der Waals surface area (Å²) in [6.07, 6.45) is 4.09. The number of benzene rings is 2. The van der Waals surface area contributed by atoms with Crippen molar-refractivity contribution in [1.82, 2.24) is 15.2 Å². The van der Waals surface area contributed by atoms with Gasteiger partial charge in [0.15, 0.2) is 0 Å². The van der Waals surface area contributed by atoms with Crippen molar-refractivity contribution in [3.05, 3.63) is 89.2 Å². The first-order chi connectivity index (χ1) is 17.0. The van der Waals surface area contributed by atoms with E-state index in [2.05, 4.69) is 27.0 Å². The van der Waals surface area contributed by atoms with Crippen molar-refractivity contribution in [3.8, 4) is 17.6 Å². The maximum Gasteiger partial charge on any atom is 0.255 e. The molecule has 1 aromatic heterocycles. The van der Waals surface area contributed by atoms with Crippen LogP contribution in [0.1, 0.15) is 45.2 Å². The predicted molar refractivity (Wildman–Crippen MR) is 136 cm³/mol. The predicted octanol–water partition coefficient (Wildman–Crippen LogP) is 3.29. The highest BCUT2D eigenvalue weighted by atomic mass is 16.3. The highest BCUT2D eigenvalue weighted by molar-refractivity contribution is 5.95. The minimum Gasteiger partial charge on any atom is -0.508 e. The van der Waals surface area contributed by atoms with Crippen LogP contribution in [0.2, 0.25) is 0 Å². The average molecular weight is 469 g/mol. The molecule has 2 heterocycles. The molecule has 1 fully saturated rings. The van der Waals surface area contributed by atoms with E-state index in [9.17, 15) is 14.7 Å². The first kappa shape index (κ1) is 23.8. The van der Waals surface area contributed by atoms with Gasteiger partial charge < -0.3 is 20.2 Å². The van der Waals surface area contributed by atoms with E-state index < -0.39 is 0 Å². The molecule has 0 unspecified atom stereocenters. The van der Waals surface area contributed by atoms with Crippen LogP contribution in [0, 0.1) is 11.8 Å². The van der Waals surface area contributed by atoms with Crippen LogP contribution in [0.3, 0.4) is 0 Å². The molecule has 0 radical (unpaired) electrons. The van der Waals surface area contributed by atoms with E-state index in [-0.39, 0.29) is 17.6 Å². The Morgan fingerprint density at radius 2 is 1.69 bits per heavy atom. The number of carbonyl (C=O) groups is 2. The standard InChI is InChI=1S/C28H28N4O3/c1-2-12-30-27(34)23-8-10-25(11-9-23)31-13-15-32(16-14-31)28(35)24-17-22(19-29-20-24)7-6-21-4-3-5-26(33)18-21/h3-5,8-11,17-20,33H,2,12-16H2,1H3,(H,30,34). The highest BCUT2D eigenvalue weighted by Crippen LogP contribution is 2.19. The van der Waals surface area contributed by atoms with E-state index in [4.69, 9.17) is 0 Å². The van der Waals surface area contributed by atoms with E-state index in [1.165, 1.54) is 0 Å². The molecule has 1 aliphatic heterocycles. The monoisotopic (exact) mass is 468 g/mol. The Kier molecular flexibility index (Phi) is 7.63. The van der Waals surface area contributed by atoms with Crippen LogP contribution in [-0.2, 0) is 0 Å². The molecule has 3 aromatic rings. The lowest BCUT2D eigenvalue weighted by atomic mass is 10.1. The number of hydrogen-bond donors (Lipinski definition) is 2. The lowest BCUT2D eigenvalue weighted by Crippen LogP contribution is -2.48. The number of anilines is 1. The van der Waals surface area contributed by atoms with Crippen LogP contribution in [0.4, 0.5) is 5.69 Å². The number of carbonyl (C=O) groups excluding carboxylic acids is 2. The topological polar surface area (TPSA) is 85.8 Å². The second-order valence-corrected chi connectivity index (χ2v) is 8.34. The van der Waals surface area contributed by atoms with Gasteiger partial charge in [-0.3, -0.25) is 14.6 Å². The van der Waals surface area contributed by atoms with Crippen molar-refractivity contribution in [1.29, 1.82) is 0 Å². The molecule has 0 spiro atoms. The number of aromatic hydroxyl groups is 1. The van der Waals surface area contributed by atoms with Crippen LogP contribution in [0.15, 0.2) is 67.0 Å². The van der Waals surface area contributed by atoms with E-state index in [1.54, 1.807) is 36.7 Å². The van der Waals surface area contributed by atoms with Gasteiger partial charge in [-0.25, -0.2) is 0 Å². The molecule has 4 rings (SSSR count). The Balaban J connectivity index is 1.35. The molecule has 0 aliphatic carbocycles. The van der Waals surface area contributed by atoms with Gasteiger partial charge in [-0.15, -0.1) is 0 Å². The lowest BCUT2D eigenvalue weighted by molar-refractivity contribution is 0.0746. The second kappa shape index (κ2) is 11.2. The summed E-state index contributed by atoms with van der Waals surface area (Å²) in [7, 11) is 0. The van der Waals surface area contributed by atoms with Gasteiger partial charge in [0.1, 0.15) is 5.75 Å². The second-order valence-electron chi connectivity index (χ2n) is 8.34. The summed E-state index contributed by atoms with van der Waals surface area (Å²) < 4.78 is 0. The van der Waals surface area contributed by atoms with Crippen molar-refractivity contribution < 1.29 is 14.7 Å². The van der Waals surface area contributed by atoms with E-state index in [0.29, 0.717) is 55.0 Å². The van der Waals surface area contributed by atoms with Gasteiger partial charge >= 0.3 is 0 Å². The van der Waals surface area contributed by atoms with Crippen LogP contribution in [0.25, 0.3) is 0 Å². The minimum atomic E-state index is -0.0684. The van der Waals surface area contributed by atoms with E-state index in [0.717, 1.165) is 12.1 Å².